The summed E-state index contributed by atoms with van der Waals surface area (Å²) in [5.74, 6) is 7.50. The van der Waals surface area contributed by atoms with Crippen molar-refractivity contribution in [3.05, 3.63) is 39.5 Å². The molecule has 0 aliphatic heterocycles. The Labute approximate surface area is 121 Å². The van der Waals surface area contributed by atoms with Crippen LogP contribution in [0.2, 0.25) is 0 Å². The van der Waals surface area contributed by atoms with Gasteiger partial charge < -0.3 is 4.42 Å². The average molecular weight is 327 g/mol. The maximum atomic E-state index is 5.76. The number of hydrogen-bond acceptors (Lipinski definition) is 4. The number of nitrogens with one attached hydrogen (secondary N) is 1. The van der Waals surface area contributed by atoms with Crippen LogP contribution in [0.1, 0.15) is 48.7 Å². The van der Waals surface area contributed by atoms with Crippen LogP contribution in [-0.4, -0.2) is 9.78 Å². The van der Waals surface area contributed by atoms with Gasteiger partial charge in [0, 0.05) is 11.6 Å². The van der Waals surface area contributed by atoms with E-state index >= 15 is 0 Å². The van der Waals surface area contributed by atoms with Crippen LogP contribution >= 0.6 is 15.9 Å². The summed E-state index contributed by atoms with van der Waals surface area (Å²) >= 11 is 3.55. The summed E-state index contributed by atoms with van der Waals surface area (Å²) < 4.78 is 8.48. The Bertz CT molecular complexity index is 573. The van der Waals surface area contributed by atoms with Crippen LogP contribution in [0.25, 0.3) is 0 Å². The molecule has 0 fully saturated rings. The lowest BCUT2D eigenvalue weighted by atomic mass is 10.0. The first kappa shape index (κ1) is 14.3. The van der Waals surface area contributed by atoms with E-state index in [0.29, 0.717) is 0 Å². The monoisotopic (exact) mass is 326 g/mol. The van der Waals surface area contributed by atoms with Crippen molar-refractivity contribution in [2.75, 3.05) is 0 Å². The van der Waals surface area contributed by atoms with Gasteiger partial charge >= 0.3 is 0 Å². The second-order valence-electron chi connectivity index (χ2n) is 4.88. The van der Waals surface area contributed by atoms with Crippen molar-refractivity contribution in [2.24, 2.45) is 5.84 Å². The highest BCUT2D eigenvalue weighted by molar-refractivity contribution is 9.10. The molecule has 3 N–H and O–H groups in total. The number of hydrogen-bond donors (Lipinski definition) is 2. The summed E-state index contributed by atoms with van der Waals surface area (Å²) in [7, 11) is 0. The van der Waals surface area contributed by atoms with Crippen LogP contribution in [0, 0.1) is 13.8 Å². The molecule has 1 atom stereocenters. The Morgan fingerprint density at radius 3 is 2.58 bits per heavy atom. The van der Waals surface area contributed by atoms with Crippen molar-refractivity contribution >= 4 is 15.9 Å². The molecule has 2 aromatic rings. The molecule has 0 aliphatic rings. The quantitative estimate of drug-likeness (QED) is 0.669. The molecule has 0 saturated carbocycles. The SMILES string of the molecule is Cc1cc(C(NN)c2c(Br)cnn2C(C)C)c(C)o1. The molecule has 0 amide bonds. The van der Waals surface area contributed by atoms with Gasteiger partial charge in [0.1, 0.15) is 11.5 Å². The number of aromatic nitrogens is 2. The maximum Gasteiger partial charge on any atom is 0.106 e. The number of furan rings is 1. The normalized spacial score (nSPS) is 13.2. The Hall–Kier alpha value is -1.11. The molecule has 104 valence electrons. The third-order valence-electron chi connectivity index (χ3n) is 3.11. The lowest BCUT2D eigenvalue weighted by Gasteiger charge is -2.20. The van der Waals surface area contributed by atoms with E-state index in [1.807, 2.05) is 24.6 Å². The summed E-state index contributed by atoms with van der Waals surface area (Å²) in [5, 5.41) is 4.39. The predicted octanol–water partition coefficient (Wildman–Crippen LogP) is 2.99. The number of halogens is 1. The number of aryl methyl sites for hydroxylation is 2. The van der Waals surface area contributed by atoms with Crippen LogP contribution in [0.3, 0.4) is 0 Å². The van der Waals surface area contributed by atoms with Gasteiger partial charge in [-0.2, -0.15) is 5.10 Å². The zero-order chi connectivity index (χ0) is 14.2. The van der Waals surface area contributed by atoms with Gasteiger partial charge in [0.25, 0.3) is 0 Å². The van der Waals surface area contributed by atoms with Crippen molar-refractivity contribution in [2.45, 2.75) is 39.8 Å². The number of hydrazine groups is 1. The fraction of sp³-hybridized carbons (Fsp3) is 0.462. The molecule has 0 saturated heterocycles. The van der Waals surface area contributed by atoms with E-state index in [-0.39, 0.29) is 12.1 Å². The second-order valence-corrected chi connectivity index (χ2v) is 5.74. The summed E-state index contributed by atoms with van der Waals surface area (Å²) in [6.45, 7) is 8.05. The Morgan fingerprint density at radius 1 is 1.42 bits per heavy atom. The molecule has 5 nitrogen and oxygen atoms in total. The third-order valence-corrected chi connectivity index (χ3v) is 3.72. The standard InChI is InChI=1S/C13H19BrN4O/c1-7(2)18-13(11(14)6-16-18)12(17-15)10-5-8(3)19-9(10)4/h5-7,12,17H,15H2,1-4H3. The molecule has 0 bridgehead atoms. The van der Waals surface area contributed by atoms with Gasteiger partial charge in [-0.1, -0.05) is 0 Å². The highest BCUT2D eigenvalue weighted by Gasteiger charge is 2.25. The van der Waals surface area contributed by atoms with Crippen molar-refractivity contribution in [3.63, 3.8) is 0 Å². The first-order valence-electron chi connectivity index (χ1n) is 6.21. The molecule has 0 spiro atoms. The summed E-state index contributed by atoms with van der Waals surface area (Å²) in [5.41, 5.74) is 4.89. The smallest absolute Gasteiger partial charge is 0.106 e. The molecule has 2 rings (SSSR count). The molecule has 0 radical (unpaired) electrons. The van der Waals surface area contributed by atoms with Crippen molar-refractivity contribution in [3.8, 4) is 0 Å². The van der Waals surface area contributed by atoms with Crippen LogP contribution in [0.4, 0.5) is 0 Å². The number of rotatable bonds is 4. The summed E-state index contributed by atoms with van der Waals surface area (Å²) in [6, 6.07) is 2.10. The van der Waals surface area contributed by atoms with E-state index in [9.17, 15) is 0 Å². The zero-order valence-corrected chi connectivity index (χ0v) is 13.2. The summed E-state index contributed by atoms with van der Waals surface area (Å²) in [6.07, 6.45) is 1.79. The van der Waals surface area contributed by atoms with Crippen LogP contribution in [-0.2, 0) is 0 Å². The van der Waals surface area contributed by atoms with Gasteiger partial charge in [0.15, 0.2) is 0 Å². The average Bonchev–Trinajstić information content (AvgIpc) is 2.85. The highest BCUT2D eigenvalue weighted by atomic mass is 79.9. The van der Waals surface area contributed by atoms with Gasteiger partial charge in [-0.3, -0.25) is 10.5 Å². The van der Waals surface area contributed by atoms with Gasteiger partial charge in [-0.05, 0) is 49.7 Å². The topological polar surface area (TPSA) is 69.0 Å². The first-order valence-corrected chi connectivity index (χ1v) is 7.01. The molecule has 2 heterocycles. The second kappa shape index (κ2) is 5.48. The molecular weight excluding hydrogens is 308 g/mol. The third kappa shape index (κ3) is 2.61. The zero-order valence-electron chi connectivity index (χ0n) is 11.6. The Balaban J connectivity index is 2.54. The van der Waals surface area contributed by atoms with E-state index in [4.69, 9.17) is 10.3 Å². The number of nitrogens with two attached hydrogens (primary N) is 1. The van der Waals surface area contributed by atoms with Crippen LogP contribution in [0.5, 0.6) is 0 Å². The first-order chi connectivity index (χ1) is 8.95. The van der Waals surface area contributed by atoms with Crippen molar-refractivity contribution in [1.82, 2.24) is 15.2 Å². The Morgan fingerprint density at radius 2 is 2.11 bits per heavy atom. The molecular formula is C13H19BrN4O. The molecule has 2 aromatic heterocycles. The summed E-state index contributed by atoms with van der Waals surface area (Å²) in [4.78, 5) is 0. The minimum absolute atomic E-state index is 0.156. The van der Waals surface area contributed by atoms with Crippen molar-refractivity contribution < 1.29 is 4.42 Å². The molecule has 0 aliphatic carbocycles. The van der Waals surface area contributed by atoms with Gasteiger partial charge in [0.2, 0.25) is 0 Å². The van der Waals surface area contributed by atoms with E-state index in [0.717, 1.165) is 27.3 Å². The van der Waals surface area contributed by atoms with Crippen molar-refractivity contribution in [1.29, 1.82) is 0 Å². The minimum atomic E-state index is -0.156. The molecule has 19 heavy (non-hydrogen) atoms. The predicted molar refractivity (Wildman–Crippen MR) is 77.7 cm³/mol. The van der Waals surface area contributed by atoms with Crippen LogP contribution < -0.4 is 11.3 Å². The minimum Gasteiger partial charge on any atom is -0.466 e. The van der Waals surface area contributed by atoms with Gasteiger partial charge in [0.05, 0.1) is 22.4 Å². The van der Waals surface area contributed by atoms with Crippen LogP contribution in [0.15, 0.2) is 21.2 Å². The largest absolute Gasteiger partial charge is 0.466 e. The van der Waals surface area contributed by atoms with E-state index < -0.39 is 0 Å². The fourth-order valence-electron chi connectivity index (χ4n) is 2.29. The Kier molecular flexibility index (Phi) is 4.13. The fourth-order valence-corrected chi connectivity index (χ4v) is 2.79. The molecule has 6 heteroatoms. The van der Waals surface area contributed by atoms with E-state index in [2.05, 4.69) is 40.3 Å². The lowest BCUT2D eigenvalue weighted by molar-refractivity contribution is 0.464. The van der Waals surface area contributed by atoms with E-state index in [1.54, 1.807) is 6.20 Å². The molecule has 0 aromatic carbocycles. The molecule has 1 unspecified atom stereocenters. The number of nitrogens with zero attached hydrogens (tertiary/aromatic N) is 2. The van der Waals surface area contributed by atoms with Gasteiger partial charge in [-0.25, -0.2) is 5.43 Å². The van der Waals surface area contributed by atoms with Gasteiger partial charge in [-0.15, -0.1) is 0 Å². The highest BCUT2D eigenvalue weighted by Crippen LogP contribution is 2.32. The lowest BCUT2D eigenvalue weighted by Crippen LogP contribution is -2.31. The van der Waals surface area contributed by atoms with E-state index in [1.165, 1.54) is 0 Å². The maximum absolute atomic E-state index is 5.76.